The van der Waals surface area contributed by atoms with Gasteiger partial charge < -0.3 is 4.74 Å². The Bertz CT molecular complexity index is 1330. The maximum atomic E-state index is 14.9. The summed E-state index contributed by atoms with van der Waals surface area (Å²) in [5.41, 5.74) is 3.28. The lowest BCUT2D eigenvalue weighted by molar-refractivity contribution is 0.0728. The zero-order valence-electron chi connectivity index (χ0n) is 18.9. The Hall–Kier alpha value is -3.86. The smallest absolute Gasteiger partial charge is 0.343 e. The molecule has 2 nitrogen and oxygen atoms in total. The van der Waals surface area contributed by atoms with Crippen molar-refractivity contribution < 1.29 is 22.7 Å². The van der Waals surface area contributed by atoms with Crippen LogP contribution < -0.4 is 4.74 Å². The predicted octanol–water partition coefficient (Wildman–Crippen LogP) is 7.92. The summed E-state index contributed by atoms with van der Waals surface area (Å²) in [4.78, 5) is 12.4. The molecule has 0 radical (unpaired) electrons. The number of aryl methyl sites for hydroxylation is 2. The van der Waals surface area contributed by atoms with E-state index >= 15 is 0 Å². The van der Waals surface area contributed by atoms with Crippen molar-refractivity contribution in [2.45, 2.75) is 26.7 Å². The van der Waals surface area contributed by atoms with Crippen LogP contribution in [0.15, 0.2) is 78.9 Å². The molecule has 0 spiro atoms. The maximum absolute atomic E-state index is 14.9. The molecule has 0 aromatic heterocycles. The highest BCUT2D eigenvalue weighted by Gasteiger charge is 2.17. The average Bonchev–Trinajstić information content (AvgIpc) is 2.83. The van der Waals surface area contributed by atoms with Gasteiger partial charge in [0.25, 0.3) is 0 Å². The molecule has 5 heteroatoms. The summed E-state index contributed by atoms with van der Waals surface area (Å²) in [6.07, 6.45) is 1.94. The number of carbonyl (C=O) groups is 1. The van der Waals surface area contributed by atoms with Gasteiger partial charge in [0, 0.05) is 11.1 Å². The van der Waals surface area contributed by atoms with E-state index in [4.69, 9.17) is 4.74 Å². The first-order valence-electron chi connectivity index (χ1n) is 11.0. The summed E-state index contributed by atoms with van der Waals surface area (Å²) in [5.74, 6) is -3.46. The molecule has 0 aliphatic carbocycles. The van der Waals surface area contributed by atoms with Crippen LogP contribution in [0.25, 0.3) is 22.3 Å². The van der Waals surface area contributed by atoms with Gasteiger partial charge in [0.15, 0.2) is 23.2 Å². The molecule has 34 heavy (non-hydrogen) atoms. The van der Waals surface area contributed by atoms with E-state index in [2.05, 4.69) is 6.92 Å². The Balaban J connectivity index is 1.55. The van der Waals surface area contributed by atoms with Crippen LogP contribution >= 0.6 is 0 Å². The molecular weight excluding hydrogens is 437 g/mol. The third kappa shape index (κ3) is 4.88. The first-order chi connectivity index (χ1) is 16.4. The van der Waals surface area contributed by atoms with Crippen molar-refractivity contribution in [1.29, 1.82) is 0 Å². The van der Waals surface area contributed by atoms with Gasteiger partial charge in [-0.25, -0.2) is 18.0 Å². The number of benzene rings is 4. The van der Waals surface area contributed by atoms with Crippen LogP contribution in [0.1, 0.15) is 34.8 Å². The summed E-state index contributed by atoms with van der Waals surface area (Å²) in [6, 6.07) is 20.6. The van der Waals surface area contributed by atoms with Gasteiger partial charge in [-0.1, -0.05) is 67.9 Å². The van der Waals surface area contributed by atoms with Gasteiger partial charge in [-0.05, 0) is 59.9 Å². The normalized spacial score (nSPS) is 10.9. The number of esters is 1. The lowest BCUT2D eigenvalue weighted by atomic mass is 9.97. The highest BCUT2D eigenvalue weighted by molar-refractivity contribution is 5.91. The predicted molar refractivity (Wildman–Crippen MR) is 127 cm³/mol. The van der Waals surface area contributed by atoms with Crippen molar-refractivity contribution in [1.82, 2.24) is 0 Å². The Morgan fingerprint density at radius 3 is 1.85 bits per heavy atom. The second kappa shape index (κ2) is 9.96. The van der Waals surface area contributed by atoms with Crippen molar-refractivity contribution in [3.05, 3.63) is 113 Å². The Morgan fingerprint density at radius 2 is 1.32 bits per heavy atom. The minimum Gasteiger partial charge on any atom is -0.420 e. The molecule has 4 rings (SSSR count). The molecule has 0 heterocycles. The molecule has 0 unspecified atom stereocenters. The van der Waals surface area contributed by atoms with Gasteiger partial charge in [-0.2, -0.15) is 0 Å². The van der Waals surface area contributed by atoms with E-state index in [-0.39, 0.29) is 22.4 Å². The number of rotatable bonds is 6. The second-order valence-electron chi connectivity index (χ2n) is 8.14. The minimum absolute atomic E-state index is 0.0772. The van der Waals surface area contributed by atoms with Gasteiger partial charge in [0.2, 0.25) is 0 Å². The highest BCUT2D eigenvalue weighted by atomic mass is 19.2. The molecule has 4 aromatic carbocycles. The van der Waals surface area contributed by atoms with Crippen LogP contribution in [0.5, 0.6) is 5.75 Å². The molecule has 0 saturated carbocycles. The van der Waals surface area contributed by atoms with Crippen molar-refractivity contribution in [3.8, 4) is 28.0 Å². The first-order valence-corrected chi connectivity index (χ1v) is 11.0. The number of hydrogen-bond acceptors (Lipinski definition) is 2. The molecule has 0 atom stereocenters. The van der Waals surface area contributed by atoms with E-state index in [0.717, 1.165) is 18.4 Å². The fraction of sp³-hybridized carbons (Fsp3) is 0.138. The molecule has 0 amide bonds. The van der Waals surface area contributed by atoms with Crippen molar-refractivity contribution in [2.24, 2.45) is 0 Å². The van der Waals surface area contributed by atoms with Gasteiger partial charge >= 0.3 is 5.97 Å². The summed E-state index contributed by atoms with van der Waals surface area (Å²) < 4.78 is 48.9. The molecule has 4 aromatic rings. The topological polar surface area (TPSA) is 26.3 Å². The van der Waals surface area contributed by atoms with Gasteiger partial charge in [-0.15, -0.1) is 0 Å². The number of ether oxygens (including phenoxy) is 1. The van der Waals surface area contributed by atoms with Gasteiger partial charge in [0.1, 0.15) is 0 Å². The molecule has 0 bridgehead atoms. The lowest BCUT2D eigenvalue weighted by Crippen LogP contribution is -2.09. The minimum atomic E-state index is -0.966. The van der Waals surface area contributed by atoms with Crippen LogP contribution in [0.3, 0.4) is 0 Å². The summed E-state index contributed by atoms with van der Waals surface area (Å²) >= 11 is 0. The molecule has 172 valence electrons. The maximum Gasteiger partial charge on any atom is 0.343 e. The second-order valence-corrected chi connectivity index (χ2v) is 8.14. The number of carbonyl (C=O) groups excluding carboxylic acids is 1. The standard InChI is InChI=1S/C29H23F3O2/c1-3-4-19-6-8-20(9-7-19)23-14-15-24(28(32)27(23)31)21-10-12-22(13-11-21)29(33)34-26-16-5-18(2)17-25(26)30/h5-17H,3-4H2,1-2H3. The monoisotopic (exact) mass is 460 g/mol. The third-order valence-corrected chi connectivity index (χ3v) is 5.61. The van der Waals surface area contributed by atoms with Crippen molar-refractivity contribution >= 4 is 5.97 Å². The average molecular weight is 460 g/mol. The third-order valence-electron chi connectivity index (χ3n) is 5.61. The van der Waals surface area contributed by atoms with Gasteiger partial charge in [0.05, 0.1) is 5.56 Å². The van der Waals surface area contributed by atoms with Crippen molar-refractivity contribution in [3.63, 3.8) is 0 Å². The molecule has 0 saturated heterocycles. The van der Waals surface area contributed by atoms with Crippen LogP contribution in [0, 0.1) is 24.4 Å². The van der Waals surface area contributed by atoms with E-state index in [1.54, 1.807) is 31.2 Å². The first kappa shape index (κ1) is 23.3. The zero-order valence-corrected chi connectivity index (χ0v) is 18.9. The molecular formula is C29H23F3O2. The van der Waals surface area contributed by atoms with E-state index in [0.29, 0.717) is 16.7 Å². The molecule has 0 N–H and O–H groups in total. The van der Waals surface area contributed by atoms with E-state index in [1.807, 2.05) is 12.1 Å². The summed E-state index contributed by atoms with van der Waals surface area (Å²) in [7, 11) is 0. The van der Waals surface area contributed by atoms with Gasteiger partial charge in [-0.3, -0.25) is 0 Å². The van der Waals surface area contributed by atoms with E-state index in [9.17, 15) is 18.0 Å². The number of hydrogen-bond donors (Lipinski definition) is 0. The summed E-state index contributed by atoms with van der Waals surface area (Å²) in [6.45, 7) is 3.81. The van der Waals surface area contributed by atoms with Crippen LogP contribution in [-0.2, 0) is 6.42 Å². The highest BCUT2D eigenvalue weighted by Crippen LogP contribution is 2.32. The zero-order chi connectivity index (χ0) is 24.2. The fourth-order valence-electron chi connectivity index (χ4n) is 3.77. The van der Waals surface area contributed by atoms with Crippen molar-refractivity contribution in [2.75, 3.05) is 0 Å². The number of halogens is 3. The largest absolute Gasteiger partial charge is 0.420 e. The SMILES string of the molecule is CCCc1ccc(-c2ccc(-c3ccc(C(=O)Oc4ccc(C)cc4F)cc3)c(F)c2F)cc1. The summed E-state index contributed by atoms with van der Waals surface area (Å²) in [5, 5.41) is 0. The molecule has 0 aliphatic heterocycles. The van der Waals surface area contributed by atoms with Crippen LogP contribution in [-0.4, -0.2) is 5.97 Å². The lowest BCUT2D eigenvalue weighted by Gasteiger charge is -2.11. The molecule has 0 aliphatic rings. The fourth-order valence-corrected chi connectivity index (χ4v) is 3.77. The van der Waals surface area contributed by atoms with E-state index in [1.165, 1.54) is 42.5 Å². The quantitative estimate of drug-likeness (QED) is 0.216. The Labute approximate surface area is 196 Å². The van der Waals surface area contributed by atoms with E-state index < -0.39 is 23.4 Å². The molecule has 0 fully saturated rings. The van der Waals surface area contributed by atoms with Crippen LogP contribution in [0.4, 0.5) is 13.2 Å². The van der Waals surface area contributed by atoms with Crippen LogP contribution in [0.2, 0.25) is 0 Å². The Morgan fingerprint density at radius 1 is 0.765 bits per heavy atom. The Kier molecular flexibility index (Phi) is 6.82.